The highest BCUT2D eigenvalue weighted by Gasteiger charge is 2.13. The van der Waals surface area contributed by atoms with Crippen molar-refractivity contribution in [2.24, 2.45) is 0 Å². The first-order valence-electron chi connectivity index (χ1n) is 6.64. The summed E-state index contributed by atoms with van der Waals surface area (Å²) in [5.41, 5.74) is -0.00409. The first kappa shape index (κ1) is 14.7. The summed E-state index contributed by atoms with van der Waals surface area (Å²) < 4.78 is 0. The molecule has 110 valence electrons. The highest BCUT2D eigenvalue weighted by Crippen LogP contribution is 2.20. The maximum atomic E-state index is 10.9. The fourth-order valence-electron chi connectivity index (χ4n) is 1.90. The normalized spacial score (nSPS) is 10.1. The van der Waals surface area contributed by atoms with Crippen molar-refractivity contribution < 1.29 is 4.92 Å². The molecule has 0 aliphatic carbocycles. The van der Waals surface area contributed by atoms with Gasteiger partial charge in [-0.25, -0.2) is 9.97 Å². The van der Waals surface area contributed by atoms with Crippen LogP contribution in [0.1, 0.15) is 6.42 Å². The maximum Gasteiger partial charge on any atom is 0.311 e. The van der Waals surface area contributed by atoms with Gasteiger partial charge in [0.15, 0.2) is 0 Å². The van der Waals surface area contributed by atoms with Crippen LogP contribution < -0.4 is 10.2 Å². The third-order valence-corrected chi connectivity index (χ3v) is 2.99. The quantitative estimate of drug-likeness (QED) is 0.478. The Morgan fingerprint density at radius 1 is 1.24 bits per heavy atom. The SMILES string of the molecule is CN(CCCNc1ncccc1[N+](=O)[O-])c1ccccn1. The van der Waals surface area contributed by atoms with E-state index in [0.717, 1.165) is 18.8 Å². The number of aromatic nitrogens is 2. The minimum absolute atomic E-state index is 0.00409. The molecule has 0 amide bonds. The minimum Gasteiger partial charge on any atom is -0.364 e. The molecule has 2 heterocycles. The van der Waals surface area contributed by atoms with Crippen molar-refractivity contribution in [2.45, 2.75) is 6.42 Å². The van der Waals surface area contributed by atoms with E-state index in [0.29, 0.717) is 12.4 Å². The Bertz CT molecular complexity index is 591. The maximum absolute atomic E-state index is 10.9. The molecule has 7 heteroatoms. The van der Waals surface area contributed by atoms with Crippen LogP contribution in [0.2, 0.25) is 0 Å². The molecular weight excluding hydrogens is 270 g/mol. The first-order chi connectivity index (χ1) is 10.2. The monoisotopic (exact) mass is 287 g/mol. The zero-order valence-corrected chi connectivity index (χ0v) is 11.8. The van der Waals surface area contributed by atoms with E-state index < -0.39 is 4.92 Å². The molecule has 1 N–H and O–H groups in total. The molecule has 0 aliphatic heterocycles. The Balaban J connectivity index is 1.81. The molecule has 0 fully saturated rings. The third kappa shape index (κ3) is 4.13. The van der Waals surface area contributed by atoms with E-state index in [1.165, 1.54) is 12.3 Å². The number of nitro groups is 1. The van der Waals surface area contributed by atoms with Crippen molar-refractivity contribution in [2.75, 3.05) is 30.4 Å². The molecule has 0 aromatic carbocycles. The van der Waals surface area contributed by atoms with Crippen LogP contribution in [0.15, 0.2) is 42.7 Å². The molecule has 0 aliphatic rings. The van der Waals surface area contributed by atoms with Gasteiger partial charge in [0.25, 0.3) is 0 Å². The average molecular weight is 287 g/mol. The summed E-state index contributed by atoms with van der Waals surface area (Å²) in [6.45, 7) is 1.40. The zero-order valence-electron chi connectivity index (χ0n) is 11.8. The highest BCUT2D eigenvalue weighted by atomic mass is 16.6. The van der Waals surface area contributed by atoms with Crippen LogP contribution in [-0.2, 0) is 0 Å². The lowest BCUT2D eigenvalue weighted by Gasteiger charge is -2.17. The Hall–Kier alpha value is -2.70. The van der Waals surface area contributed by atoms with E-state index in [1.54, 1.807) is 12.3 Å². The van der Waals surface area contributed by atoms with Gasteiger partial charge >= 0.3 is 5.69 Å². The Morgan fingerprint density at radius 3 is 2.76 bits per heavy atom. The fraction of sp³-hybridized carbons (Fsp3) is 0.286. The highest BCUT2D eigenvalue weighted by molar-refractivity contribution is 5.54. The zero-order chi connectivity index (χ0) is 15.1. The summed E-state index contributed by atoms with van der Waals surface area (Å²) in [6.07, 6.45) is 4.11. The van der Waals surface area contributed by atoms with Crippen molar-refractivity contribution in [1.82, 2.24) is 9.97 Å². The molecule has 0 atom stereocenters. The smallest absolute Gasteiger partial charge is 0.311 e. The molecule has 7 nitrogen and oxygen atoms in total. The van der Waals surface area contributed by atoms with E-state index in [1.807, 2.05) is 30.1 Å². The summed E-state index contributed by atoms with van der Waals surface area (Å²) in [5, 5.41) is 13.9. The van der Waals surface area contributed by atoms with Crippen LogP contribution in [0.5, 0.6) is 0 Å². The van der Waals surface area contributed by atoms with Crippen molar-refractivity contribution in [3.8, 4) is 0 Å². The second-order valence-corrected chi connectivity index (χ2v) is 4.52. The van der Waals surface area contributed by atoms with Crippen LogP contribution >= 0.6 is 0 Å². The van der Waals surface area contributed by atoms with Gasteiger partial charge in [-0.2, -0.15) is 0 Å². The summed E-state index contributed by atoms with van der Waals surface area (Å²) in [4.78, 5) is 20.7. The number of nitrogens with one attached hydrogen (secondary N) is 1. The largest absolute Gasteiger partial charge is 0.364 e. The number of hydrogen-bond donors (Lipinski definition) is 1. The lowest BCUT2D eigenvalue weighted by atomic mass is 10.3. The molecular formula is C14H17N5O2. The molecule has 0 bridgehead atoms. The molecule has 2 aromatic heterocycles. The molecule has 0 saturated carbocycles. The number of rotatable bonds is 7. The Kier molecular flexibility index (Phi) is 5.03. The number of anilines is 2. The fourth-order valence-corrected chi connectivity index (χ4v) is 1.90. The van der Waals surface area contributed by atoms with Gasteiger partial charge in [0, 0.05) is 38.6 Å². The topological polar surface area (TPSA) is 84.2 Å². The third-order valence-electron chi connectivity index (χ3n) is 2.99. The van der Waals surface area contributed by atoms with Crippen molar-refractivity contribution in [3.63, 3.8) is 0 Å². The van der Waals surface area contributed by atoms with Gasteiger partial charge < -0.3 is 10.2 Å². The van der Waals surface area contributed by atoms with Gasteiger partial charge in [0.1, 0.15) is 5.82 Å². The number of hydrogen-bond acceptors (Lipinski definition) is 6. The lowest BCUT2D eigenvalue weighted by Crippen LogP contribution is -2.21. The molecule has 0 saturated heterocycles. The van der Waals surface area contributed by atoms with Crippen molar-refractivity contribution >= 4 is 17.3 Å². The predicted octanol–water partition coefficient (Wildman–Crippen LogP) is 2.32. The van der Waals surface area contributed by atoms with E-state index in [9.17, 15) is 10.1 Å². The second kappa shape index (κ2) is 7.18. The number of pyridine rings is 2. The van der Waals surface area contributed by atoms with E-state index in [2.05, 4.69) is 15.3 Å². The molecule has 0 radical (unpaired) electrons. The van der Waals surface area contributed by atoms with E-state index in [-0.39, 0.29) is 5.69 Å². The molecule has 2 aromatic rings. The van der Waals surface area contributed by atoms with Gasteiger partial charge in [0.2, 0.25) is 5.82 Å². The summed E-state index contributed by atoms with van der Waals surface area (Å²) in [7, 11) is 1.96. The molecule has 21 heavy (non-hydrogen) atoms. The van der Waals surface area contributed by atoms with Crippen molar-refractivity contribution in [1.29, 1.82) is 0 Å². The van der Waals surface area contributed by atoms with Gasteiger partial charge in [-0.15, -0.1) is 0 Å². The lowest BCUT2D eigenvalue weighted by molar-refractivity contribution is -0.384. The summed E-state index contributed by atoms with van der Waals surface area (Å²) in [5.74, 6) is 1.21. The first-order valence-corrected chi connectivity index (χ1v) is 6.64. The van der Waals surface area contributed by atoms with Gasteiger partial charge in [-0.3, -0.25) is 10.1 Å². The Labute approximate surface area is 122 Å². The van der Waals surface area contributed by atoms with Crippen LogP contribution in [0.4, 0.5) is 17.3 Å². The predicted molar refractivity (Wildman–Crippen MR) is 81.5 cm³/mol. The average Bonchev–Trinajstić information content (AvgIpc) is 2.52. The minimum atomic E-state index is -0.435. The van der Waals surface area contributed by atoms with E-state index in [4.69, 9.17) is 0 Å². The second-order valence-electron chi connectivity index (χ2n) is 4.52. The van der Waals surface area contributed by atoms with Crippen LogP contribution in [0.25, 0.3) is 0 Å². The van der Waals surface area contributed by atoms with Crippen molar-refractivity contribution in [3.05, 3.63) is 52.8 Å². The van der Waals surface area contributed by atoms with Gasteiger partial charge in [-0.05, 0) is 24.6 Å². The van der Waals surface area contributed by atoms with Gasteiger partial charge in [0.05, 0.1) is 4.92 Å². The molecule has 0 unspecified atom stereocenters. The van der Waals surface area contributed by atoms with Crippen LogP contribution in [0, 0.1) is 10.1 Å². The van der Waals surface area contributed by atoms with Crippen LogP contribution in [-0.4, -0.2) is 35.0 Å². The molecule has 2 rings (SSSR count). The standard InChI is InChI=1S/C14H17N5O2/c1-18(13-7-2-3-8-15-13)11-5-10-17-14-12(19(20)21)6-4-9-16-14/h2-4,6-9H,5,10-11H2,1H3,(H,16,17). The van der Waals surface area contributed by atoms with Gasteiger partial charge in [-0.1, -0.05) is 6.07 Å². The summed E-state index contributed by atoms with van der Waals surface area (Å²) >= 11 is 0. The number of nitrogens with zero attached hydrogens (tertiary/aromatic N) is 4. The summed E-state index contributed by atoms with van der Waals surface area (Å²) in [6, 6.07) is 8.75. The van der Waals surface area contributed by atoms with Crippen LogP contribution in [0.3, 0.4) is 0 Å². The molecule has 0 spiro atoms. The van der Waals surface area contributed by atoms with E-state index >= 15 is 0 Å². The Morgan fingerprint density at radius 2 is 2.05 bits per heavy atom.